The Balaban J connectivity index is 4.12. The van der Waals surface area contributed by atoms with E-state index in [9.17, 15) is 9.59 Å². The number of rotatable bonds is 3. The van der Waals surface area contributed by atoms with Crippen molar-refractivity contribution < 1.29 is 14.7 Å². The molecule has 0 fully saturated rings. The lowest BCUT2D eigenvalue weighted by Gasteiger charge is -1.84. The Labute approximate surface area is 58.7 Å². The number of carboxylic acid groups (broad SMARTS) is 1. The third kappa shape index (κ3) is 3.64. The van der Waals surface area contributed by atoms with Crippen LogP contribution < -0.4 is 0 Å². The Morgan fingerprint density at radius 3 is 2.50 bits per heavy atom. The average Bonchev–Trinajstić information content (AvgIpc) is 1.90. The summed E-state index contributed by atoms with van der Waals surface area (Å²) < 4.78 is 0. The van der Waals surface area contributed by atoms with Gasteiger partial charge in [0.15, 0.2) is 0 Å². The van der Waals surface area contributed by atoms with E-state index in [0.717, 1.165) is 6.08 Å². The Bertz CT molecular complexity index is 197. The van der Waals surface area contributed by atoms with Crippen LogP contribution in [0.25, 0.3) is 0 Å². The molecule has 0 aliphatic rings. The number of aliphatic carboxylic acids is 1. The molecule has 0 unspecified atom stereocenters. The van der Waals surface area contributed by atoms with Gasteiger partial charge in [-0.1, -0.05) is 6.92 Å². The second kappa shape index (κ2) is 4.53. The topological polar surface area (TPSA) is 54.4 Å². The maximum Gasteiger partial charge on any atom is 0.328 e. The summed E-state index contributed by atoms with van der Waals surface area (Å²) in [4.78, 5) is 19.8. The zero-order chi connectivity index (χ0) is 7.98. The van der Waals surface area contributed by atoms with E-state index in [1.807, 2.05) is 0 Å². The summed E-state index contributed by atoms with van der Waals surface area (Å²) in [5.41, 5.74) is 0.363. The predicted octanol–water partition coefficient (Wildman–Crippen LogP) is 0.795. The van der Waals surface area contributed by atoms with Crippen LogP contribution in [0, 0.1) is 0 Å². The fraction of sp³-hybridized carbons (Fsp3) is 0.286. The lowest BCUT2D eigenvalue weighted by atomic mass is 10.2. The molecule has 10 heavy (non-hydrogen) atoms. The van der Waals surface area contributed by atoms with Crippen LogP contribution >= 0.6 is 0 Å². The van der Waals surface area contributed by atoms with Gasteiger partial charge in [-0.3, -0.25) is 0 Å². The molecule has 0 rings (SSSR count). The number of hydrogen-bond donors (Lipinski definition) is 1. The van der Waals surface area contributed by atoms with Crippen LogP contribution in [0.15, 0.2) is 17.7 Å². The molecule has 0 saturated heterocycles. The molecular formula is C7H8O3. The van der Waals surface area contributed by atoms with E-state index in [0.29, 0.717) is 12.0 Å². The molecule has 0 heterocycles. The highest BCUT2D eigenvalue weighted by atomic mass is 16.4. The van der Waals surface area contributed by atoms with Crippen LogP contribution in [-0.2, 0) is 9.59 Å². The molecule has 1 N–H and O–H groups in total. The molecule has 0 saturated carbocycles. The van der Waals surface area contributed by atoms with E-state index in [-0.39, 0.29) is 0 Å². The molecule has 0 aromatic carbocycles. The summed E-state index contributed by atoms with van der Waals surface area (Å²) in [5.74, 6) is 0.569. The fourth-order valence-corrected chi connectivity index (χ4v) is 0.396. The Morgan fingerprint density at radius 2 is 2.20 bits per heavy atom. The van der Waals surface area contributed by atoms with Crippen LogP contribution in [0.2, 0.25) is 0 Å². The first-order valence-electron chi connectivity index (χ1n) is 2.85. The average molecular weight is 140 g/mol. The third-order valence-electron chi connectivity index (χ3n) is 0.939. The van der Waals surface area contributed by atoms with Crippen molar-refractivity contribution in [1.29, 1.82) is 0 Å². The van der Waals surface area contributed by atoms with Crippen molar-refractivity contribution in [2.24, 2.45) is 0 Å². The van der Waals surface area contributed by atoms with Gasteiger partial charge in [-0.15, -0.1) is 0 Å². The van der Waals surface area contributed by atoms with Crippen molar-refractivity contribution >= 4 is 11.9 Å². The standard InChI is InChI=1S/C7H8O3/c1-2-6(5-8)3-4-7(9)10/h3-4H,2H2,1H3,(H,9,10)/b4-3-. The van der Waals surface area contributed by atoms with Crippen molar-refractivity contribution in [3.05, 3.63) is 17.7 Å². The minimum atomic E-state index is -1.05. The highest BCUT2D eigenvalue weighted by Gasteiger charge is 1.89. The number of carbonyl (C=O) groups excluding carboxylic acids is 1. The number of carbonyl (C=O) groups is 1. The van der Waals surface area contributed by atoms with Crippen molar-refractivity contribution in [2.75, 3.05) is 0 Å². The van der Waals surface area contributed by atoms with Crippen LogP contribution in [0.1, 0.15) is 13.3 Å². The summed E-state index contributed by atoms with van der Waals surface area (Å²) in [6.45, 7) is 1.76. The minimum Gasteiger partial charge on any atom is -0.478 e. The highest BCUT2D eigenvalue weighted by Crippen LogP contribution is 1.95. The fourth-order valence-electron chi connectivity index (χ4n) is 0.396. The van der Waals surface area contributed by atoms with E-state index < -0.39 is 5.97 Å². The second-order valence-corrected chi connectivity index (χ2v) is 1.65. The molecule has 3 heteroatoms. The number of carboxylic acids is 1. The van der Waals surface area contributed by atoms with E-state index in [2.05, 4.69) is 0 Å². The molecule has 0 aliphatic carbocycles. The Hall–Kier alpha value is -1.34. The molecular weight excluding hydrogens is 132 g/mol. The van der Waals surface area contributed by atoms with Crippen molar-refractivity contribution in [1.82, 2.24) is 0 Å². The predicted molar refractivity (Wildman–Crippen MR) is 36.3 cm³/mol. The SMILES string of the molecule is CCC(=C=O)/C=C\C(=O)O. The van der Waals surface area contributed by atoms with E-state index >= 15 is 0 Å². The van der Waals surface area contributed by atoms with Gasteiger partial charge in [0.25, 0.3) is 0 Å². The van der Waals surface area contributed by atoms with Crippen LogP contribution in [-0.4, -0.2) is 17.0 Å². The van der Waals surface area contributed by atoms with Crippen LogP contribution in [0.5, 0.6) is 0 Å². The third-order valence-corrected chi connectivity index (χ3v) is 0.939. The highest BCUT2D eigenvalue weighted by molar-refractivity contribution is 5.81. The van der Waals surface area contributed by atoms with Crippen molar-refractivity contribution in [3.63, 3.8) is 0 Å². The van der Waals surface area contributed by atoms with Gasteiger partial charge in [0.1, 0.15) is 5.94 Å². The number of allylic oxidation sites excluding steroid dienone is 2. The molecule has 0 aromatic rings. The van der Waals surface area contributed by atoms with Gasteiger partial charge >= 0.3 is 5.97 Å². The maximum atomic E-state index is 9.94. The molecule has 3 nitrogen and oxygen atoms in total. The van der Waals surface area contributed by atoms with Crippen LogP contribution in [0.3, 0.4) is 0 Å². The molecule has 0 aliphatic heterocycles. The molecule has 0 radical (unpaired) electrons. The minimum absolute atomic E-state index is 0.363. The van der Waals surface area contributed by atoms with E-state index in [1.165, 1.54) is 6.08 Å². The van der Waals surface area contributed by atoms with Crippen LogP contribution in [0.4, 0.5) is 0 Å². The van der Waals surface area contributed by atoms with Crippen molar-refractivity contribution in [3.8, 4) is 0 Å². The van der Waals surface area contributed by atoms with E-state index in [1.54, 1.807) is 12.9 Å². The summed E-state index contributed by atoms with van der Waals surface area (Å²) in [6.07, 6.45) is 2.67. The Morgan fingerprint density at radius 1 is 1.60 bits per heavy atom. The smallest absolute Gasteiger partial charge is 0.328 e. The summed E-state index contributed by atoms with van der Waals surface area (Å²) >= 11 is 0. The summed E-state index contributed by atoms with van der Waals surface area (Å²) in [5, 5.41) is 8.12. The zero-order valence-electron chi connectivity index (χ0n) is 5.63. The lowest BCUT2D eigenvalue weighted by molar-refractivity contribution is -0.131. The van der Waals surface area contributed by atoms with Gasteiger partial charge in [0.05, 0.1) is 0 Å². The molecule has 0 amide bonds. The van der Waals surface area contributed by atoms with Crippen molar-refractivity contribution in [2.45, 2.75) is 13.3 Å². The van der Waals surface area contributed by atoms with Gasteiger partial charge in [0, 0.05) is 11.6 Å². The van der Waals surface area contributed by atoms with Gasteiger partial charge in [-0.25, -0.2) is 9.59 Å². The maximum absolute atomic E-state index is 9.94. The Kier molecular flexibility index (Phi) is 3.92. The first-order valence-corrected chi connectivity index (χ1v) is 2.85. The summed E-state index contributed by atoms with van der Waals surface area (Å²) in [7, 11) is 0. The van der Waals surface area contributed by atoms with Gasteiger partial charge in [-0.05, 0) is 12.5 Å². The first kappa shape index (κ1) is 8.66. The molecule has 54 valence electrons. The lowest BCUT2D eigenvalue weighted by Crippen LogP contribution is -1.86. The largest absolute Gasteiger partial charge is 0.478 e. The summed E-state index contributed by atoms with van der Waals surface area (Å²) in [6, 6.07) is 0. The van der Waals surface area contributed by atoms with E-state index in [4.69, 9.17) is 5.11 Å². The van der Waals surface area contributed by atoms with Gasteiger partial charge < -0.3 is 5.11 Å². The first-order chi connectivity index (χ1) is 4.70. The monoisotopic (exact) mass is 140 g/mol. The second-order valence-electron chi connectivity index (χ2n) is 1.65. The number of hydrogen-bond acceptors (Lipinski definition) is 2. The van der Waals surface area contributed by atoms with Gasteiger partial charge in [0.2, 0.25) is 0 Å². The quantitative estimate of drug-likeness (QED) is 0.358. The molecule has 0 aromatic heterocycles. The molecule has 0 spiro atoms. The van der Waals surface area contributed by atoms with Gasteiger partial charge in [-0.2, -0.15) is 0 Å². The molecule has 0 atom stereocenters. The molecule has 0 bridgehead atoms. The normalized spacial score (nSPS) is 9.30. The zero-order valence-corrected chi connectivity index (χ0v) is 5.63.